The van der Waals surface area contributed by atoms with Gasteiger partial charge in [-0.25, -0.2) is 4.79 Å². The topological polar surface area (TPSA) is 636 Å². The number of rotatable bonds is 24. The molecule has 42 atom stereocenters. The van der Waals surface area contributed by atoms with Gasteiger partial charge in [-0.1, -0.05) is 60.1 Å². The van der Waals surface area contributed by atoms with Crippen LogP contribution in [0.15, 0.2) is 11.6 Å². The SMILES string of the molecule is CC1OC(OC(=O)[C@]23CCC(C)(C)CC2C2=CCC4[C@@]5(C)CC[C@H](OC6OC(C(=O)NC(C)(CCCNC(=N)N)C(=O)O)C(O)C(OC7OCC(O)C(O)C7O)C6OC6OC(CO)C(O)C(O)C6O)[C@@](C)(C=O)C5CC[C@@]4(C)[C@]2(C)C[C@H]3O)C(OC2OC(C)C(OC3OCC(O)C(OC4OCC(O)(CO)C4O)C3O)C(C)C2O)C(O)C1O. The Morgan fingerprint density at radius 1 is 0.624 bits per heavy atom. The first-order valence-corrected chi connectivity index (χ1v) is 40.6. The highest BCUT2D eigenvalue weighted by molar-refractivity contribution is 5.89. The average Bonchev–Trinajstić information content (AvgIpc) is 1.06. The standard InChI is InChI=1S/C77H124N4O36/c1-30-42(88)62(108-32(3)52(30)111-61-51(97)53(36(86)26-105-61)112-66-58(98)76(103,28-84)29-106-66)115-56-47(93)43(89)31(2)107-64(56)117-68(102)77-20-19-70(4,5)22-34(77)33-12-13-39-71(6)17-15-41(72(7,27-83)38(71)14-18-73(39,8)74(33,9)23-40(77)87)110-65-57(116-63-49(95)46(92)45(91)37(24-82)109-63)54(113-60-48(94)44(90)35(85)25-104-60)50(96)55(114-65)59(99)81-75(10,67(100)101)16-11-21-80-69(78)79/h12,27,30-32,34-58,60-66,82,84-98,103H,11,13-26,28-29H2,1-10H3,(H,81,99)(H,100,101)(H4,78,79,80)/t30?,31?,32?,34?,35?,36?,37?,38?,39?,40-,41+,42?,43?,44?,45?,46?,47?,48?,49?,50?,51?,52?,53?,54?,55?,56?,57?,58?,60?,61?,62?,63?,64?,65?,66?,71+,72+,73-,74-,75?,76?,77-/m1/s1. The van der Waals surface area contributed by atoms with Crippen molar-refractivity contribution in [1.29, 1.82) is 5.41 Å². The molecule has 40 nitrogen and oxygen atoms in total. The summed E-state index contributed by atoms with van der Waals surface area (Å²) in [7, 11) is 0. The molecule has 7 saturated heterocycles. The van der Waals surface area contributed by atoms with Crippen molar-refractivity contribution in [3.8, 4) is 0 Å². The summed E-state index contributed by atoms with van der Waals surface area (Å²) in [4.78, 5) is 58.4. The molecule has 40 heteroatoms. The van der Waals surface area contributed by atoms with E-state index in [-0.39, 0.29) is 44.6 Å². The number of hydrogen-bond acceptors (Lipinski definition) is 36. The van der Waals surface area contributed by atoms with Gasteiger partial charge in [0.1, 0.15) is 127 Å². The second-order valence-electron chi connectivity index (χ2n) is 36.9. The van der Waals surface area contributed by atoms with E-state index in [9.17, 15) is 106 Å². The number of esters is 1. The third kappa shape index (κ3) is 16.5. The fraction of sp³-hybridized carbons (Fsp3) is 0.909. The van der Waals surface area contributed by atoms with Crippen LogP contribution in [0.25, 0.3) is 0 Å². The molecule has 0 bridgehead atoms. The molecule has 1 amide bonds. The number of ether oxygens (including phenoxy) is 14. The Balaban J connectivity index is 0.802. The van der Waals surface area contributed by atoms with Crippen molar-refractivity contribution in [2.45, 2.75) is 342 Å². The lowest BCUT2D eigenvalue weighted by Crippen LogP contribution is -2.70. The smallest absolute Gasteiger partial charge is 0.329 e. The predicted octanol–water partition coefficient (Wildman–Crippen LogP) is -5.93. The summed E-state index contributed by atoms with van der Waals surface area (Å²) in [6, 6.07) is 0. The molecule has 5 aliphatic carbocycles. The Morgan fingerprint density at radius 3 is 1.90 bits per heavy atom. The van der Waals surface area contributed by atoms with E-state index >= 15 is 4.79 Å². The number of allylic oxidation sites excluding steroid dienone is 2. The largest absolute Gasteiger partial charge is 0.480 e. The number of guanidine groups is 1. The van der Waals surface area contributed by atoms with Crippen molar-refractivity contribution in [2.75, 3.05) is 39.6 Å². The number of carboxylic acid groups (broad SMARTS) is 1. The van der Waals surface area contributed by atoms with Gasteiger partial charge in [-0.3, -0.25) is 15.0 Å². The monoisotopic (exact) mass is 1680 g/mol. The Labute approximate surface area is 675 Å². The Morgan fingerprint density at radius 2 is 1.25 bits per heavy atom. The third-order valence-corrected chi connectivity index (χ3v) is 29.0. The highest BCUT2D eigenvalue weighted by atomic mass is 16.8. The van der Waals surface area contributed by atoms with Gasteiger partial charge in [0.25, 0.3) is 5.91 Å². The van der Waals surface area contributed by atoms with Crippen LogP contribution in [0.3, 0.4) is 0 Å². The van der Waals surface area contributed by atoms with E-state index in [1.165, 1.54) is 13.8 Å². The first-order chi connectivity index (χ1) is 54.7. The van der Waals surface area contributed by atoms with Crippen LogP contribution in [0.4, 0.5) is 0 Å². The normalized spacial score (nSPS) is 51.0. The molecule has 0 aromatic carbocycles. The van der Waals surface area contributed by atoms with Gasteiger partial charge in [0.2, 0.25) is 6.29 Å². The lowest BCUT2D eigenvalue weighted by molar-refractivity contribution is -0.391. The molecule has 0 radical (unpaired) electrons. The number of aliphatic carboxylic acids is 1. The molecule has 12 rings (SSSR count). The quantitative estimate of drug-likeness (QED) is 0.00814. The number of carbonyl (C=O) groups is 4. The highest BCUT2D eigenvalue weighted by Crippen LogP contribution is 2.76. The molecule has 12 aliphatic rings. The molecule has 11 fully saturated rings. The number of aldehydes is 1. The van der Waals surface area contributed by atoms with Gasteiger partial charge in [-0.2, -0.15) is 0 Å². The zero-order chi connectivity index (χ0) is 85.8. The van der Waals surface area contributed by atoms with Crippen molar-refractivity contribution >= 4 is 30.1 Å². The Kier molecular flexibility index (Phi) is 27.4. The number of aliphatic hydroxyl groups excluding tert-OH is 16. The summed E-state index contributed by atoms with van der Waals surface area (Å²) in [5.41, 5.74) is -3.74. The van der Waals surface area contributed by atoms with Gasteiger partial charge in [0.15, 0.2) is 55.9 Å². The van der Waals surface area contributed by atoms with Crippen LogP contribution < -0.4 is 16.4 Å². The van der Waals surface area contributed by atoms with Crippen LogP contribution in [0, 0.1) is 61.6 Å². The van der Waals surface area contributed by atoms with Crippen molar-refractivity contribution in [1.82, 2.24) is 10.6 Å². The molecule has 668 valence electrons. The van der Waals surface area contributed by atoms with E-state index in [0.717, 1.165) is 11.9 Å². The van der Waals surface area contributed by atoms with Crippen molar-refractivity contribution < 1.29 is 177 Å². The molecule has 0 aromatic rings. The second-order valence-corrected chi connectivity index (χ2v) is 36.9. The van der Waals surface area contributed by atoms with Crippen LogP contribution in [0.2, 0.25) is 0 Å². The molecule has 0 spiro atoms. The number of hydrogen-bond donors (Lipinski definition) is 22. The lowest BCUT2D eigenvalue weighted by atomic mass is 9.33. The summed E-state index contributed by atoms with van der Waals surface area (Å²) in [6.45, 7) is 14.6. The maximum Gasteiger partial charge on any atom is 0.329 e. The number of carboxylic acids is 1. The number of aliphatic hydroxyl groups is 17. The molecule has 117 heavy (non-hydrogen) atoms. The molecule has 7 aliphatic heterocycles. The number of nitrogens with one attached hydrogen (secondary N) is 3. The Hall–Kier alpha value is -4.11. The maximum absolute atomic E-state index is 15.9. The molecular weight excluding hydrogens is 1560 g/mol. The third-order valence-electron chi connectivity index (χ3n) is 29.0. The number of nitrogens with two attached hydrogens (primary N) is 1. The molecule has 35 unspecified atom stereocenters. The molecule has 23 N–H and O–H groups in total. The first kappa shape index (κ1) is 92.1. The number of amides is 1. The van der Waals surface area contributed by atoms with E-state index in [4.69, 9.17) is 77.5 Å². The predicted molar refractivity (Wildman–Crippen MR) is 391 cm³/mol. The molecular formula is C77H124N4O36. The van der Waals surface area contributed by atoms with Crippen molar-refractivity contribution in [3.63, 3.8) is 0 Å². The van der Waals surface area contributed by atoms with Crippen LogP contribution in [0.5, 0.6) is 0 Å². The average molecular weight is 1680 g/mol. The van der Waals surface area contributed by atoms with Gasteiger partial charge in [0, 0.05) is 12.5 Å². The minimum atomic E-state index is -2.31. The van der Waals surface area contributed by atoms with Gasteiger partial charge in [0.05, 0.1) is 69.0 Å². The summed E-state index contributed by atoms with van der Waals surface area (Å²) >= 11 is 0. The van der Waals surface area contributed by atoms with Crippen LogP contribution in [-0.2, 0) is 85.5 Å². The van der Waals surface area contributed by atoms with E-state index < -0.39 is 309 Å². The van der Waals surface area contributed by atoms with Gasteiger partial charge < -0.3 is 179 Å². The fourth-order valence-electron chi connectivity index (χ4n) is 21.5. The highest BCUT2D eigenvalue weighted by Gasteiger charge is 2.73. The minimum Gasteiger partial charge on any atom is -0.480 e. The van der Waals surface area contributed by atoms with E-state index in [1.807, 2.05) is 0 Å². The zero-order valence-corrected chi connectivity index (χ0v) is 67.4. The molecule has 0 aromatic heterocycles. The first-order valence-electron chi connectivity index (χ1n) is 40.6. The summed E-state index contributed by atoms with van der Waals surface area (Å²) < 4.78 is 85.7. The van der Waals surface area contributed by atoms with Crippen LogP contribution in [0.1, 0.15) is 140 Å². The van der Waals surface area contributed by atoms with Crippen LogP contribution in [-0.4, -0.2) is 363 Å². The number of fused-ring (bicyclic) bond motifs is 7. The summed E-state index contributed by atoms with van der Waals surface area (Å²) in [5.74, 6) is -6.54. The van der Waals surface area contributed by atoms with E-state index in [2.05, 4.69) is 51.3 Å². The van der Waals surface area contributed by atoms with Gasteiger partial charge in [-0.15, -0.1) is 0 Å². The van der Waals surface area contributed by atoms with Crippen molar-refractivity contribution in [2.24, 2.45) is 61.9 Å². The van der Waals surface area contributed by atoms with Gasteiger partial charge in [-0.05, 0) is 131 Å². The zero-order valence-electron chi connectivity index (χ0n) is 67.4. The second kappa shape index (κ2) is 34.8. The maximum atomic E-state index is 15.9. The van der Waals surface area contributed by atoms with Crippen molar-refractivity contribution in [3.05, 3.63) is 11.6 Å². The molecule has 4 saturated carbocycles. The van der Waals surface area contributed by atoms with E-state index in [1.54, 1.807) is 20.8 Å². The fourth-order valence-corrected chi connectivity index (χ4v) is 21.5. The summed E-state index contributed by atoms with van der Waals surface area (Å²) in [5, 5.41) is 214. The van der Waals surface area contributed by atoms with Crippen LogP contribution >= 0.6 is 0 Å². The molecule has 7 heterocycles. The Bertz CT molecular complexity index is 3540. The number of carbonyl (C=O) groups excluding carboxylic acids is 3. The van der Waals surface area contributed by atoms with Gasteiger partial charge >= 0.3 is 11.9 Å². The minimum absolute atomic E-state index is 0.00297. The summed E-state index contributed by atoms with van der Waals surface area (Å²) in [6.07, 6.45) is -48.7. The van der Waals surface area contributed by atoms with E-state index in [0.29, 0.717) is 38.5 Å². The lowest BCUT2D eigenvalue weighted by Gasteiger charge is -2.71.